The number of H-pyrrole nitrogens is 1. The number of hydrogen-bond acceptors (Lipinski definition) is 6. The molecule has 0 saturated carbocycles. The van der Waals surface area contributed by atoms with Gasteiger partial charge in [-0.2, -0.15) is 4.57 Å². The van der Waals surface area contributed by atoms with Gasteiger partial charge >= 0.3 is 0 Å². The Morgan fingerprint density at radius 2 is 1.82 bits per heavy atom. The van der Waals surface area contributed by atoms with Crippen LogP contribution in [0.15, 0.2) is 54.9 Å². The molecule has 1 N–H and O–H groups in total. The van der Waals surface area contributed by atoms with Gasteiger partial charge in [-0.1, -0.05) is 0 Å². The maximum absolute atomic E-state index is 11.4. The van der Waals surface area contributed by atoms with Gasteiger partial charge in [-0.15, -0.1) is 0 Å². The molecule has 0 saturated heterocycles. The van der Waals surface area contributed by atoms with E-state index in [9.17, 15) is 10.1 Å². The van der Waals surface area contributed by atoms with Gasteiger partial charge in [-0.25, -0.2) is 0 Å². The van der Waals surface area contributed by atoms with Crippen molar-refractivity contribution in [1.29, 1.82) is 0 Å². The largest absolute Gasteiger partial charge is 1.00 e. The number of non-ortho nitro benzene ring substituents is 1. The van der Waals surface area contributed by atoms with Crippen molar-refractivity contribution in [2.45, 2.75) is 25.8 Å². The van der Waals surface area contributed by atoms with Gasteiger partial charge in [0.15, 0.2) is 35.7 Å². The summed E-state index contributed by atoms with van der Waals surface area (Å²) in [5.74, 6) is 2.92. The molecular weight excluding hydrogens is 625 g/mol. The average molecular weight is 651 g/mol. The van der Waals surface area contributed by atoms with Crippen molar-refractivity contribution in [1.82, 2.24) is 4.98 Å². The Morgan fingerprint density at radius 1 is 1.00 bits per heavy atom. The predicted molar refractivity (Wildman–Crippen MR) is 145 cm³/mol. The van der Waals surface area contributed by atoms with Crippen LogP contribution in [0.1, 0.15) is 16.7 Å². The van der Waals surface area contributed by atoms with Crippen molar-refractivity contribution < 1.29 is 52.4 Å². The van der Waals surface area contributed by atoms with Gasteiger partial charge in [-0.3, -0.25) is 10.1 Å². The van der Waals surface area contributed by atoms with E-state index < -0.39 is 0 Å². The summed E-state index contributed by atoms with van der Waals surface area (Å²) in [5.41, 5.74) is 6.67. The third kappa shape index (κ3) is 4.09. The lowest BCUT2D eigenvalue weighted by Gasteiger charge is -2.21. The average Bonchev–Trinajstić information content (AvgIpc) is 3.59. The van der Waals surface area contributed by atoms with Crippen molar-refractivity contribution >= 4 is 27.4 Å². The van der Waals surface area contributed by atoms with Crippen molar-refractivity contribution in [2.24, 2.45) is 0 Å². The van der Waals surface area contributed by atoms with E-state index in [0.29, 0.717) is 24.3 Å². The fourth-order valence-electron chi connectivity index (χ4n) is 6.01. The minimum Gasteiger partial charge on any atom is -1.00 e. The Morgan fingerprint density at radius 3 is 2.60 bits per heavy atom. The molecule has 3 aromatic carbocycles. The molecule has 0 radical (unpaired) electrons. The first-order valence-electron chi connectivity index (χ1n) is 12.8. The number of nitro benzene ring substituents is 1. The predicted octanol–water partition coefficient (Wildman–Crippen LogP) is 2.28. The number of aromatic nitrogens is 2. The molecule has 0 unspecified atom stereocenters. The van der Waals surface area contributed by atoms with Crippen LogP contribution in [0, 0.1) is 10.1 Å². The lowest BCUT2D eigenvalue weighted by molar-refractivity contribution is -0.686. The molecule has 0 atom stereocenters. The van der Waals surface area contributed by atoms with Crippen LogP contribution >= 0.6 is 0 Å². The Balaban J connectivity index is 0.00000289. The van der Waals surface area contributed by atoms with E-state index in [1.807, 2.05) is 12.3 Å². The Bertz CT molecular complexity index is 1820. The van der Waals surface area contributed by atoms with E-state index >= 15 is 0 Å². The molecule has 4 heterocycles. The zero-order valence-corrected chi connectivity index (χ0v) is 24.1. The highest BCUT2D eigenvalue weighted by Gasteiger charge is 2.32. The van der Waals surface area contributed by atoms with E-state index in [2.05, 4.69) is 33.9 Å². The molecule has 0 bridgehead atoms. The van der Waals surface area contributed by atoms with Crippen molar-refractivity contribution in [3.05, 3.63) is 81.7 Å². The van der Waals surface area contributed by atoms with E-state index in [1.165, 1.54) is 17.2 Å². The van der Waals surface area contributed by atoms with E-state index in [1.54, 1.807) is 26.4 Å². The number of aromatic amines is 1. The van der Waals surface area contributed by atoms with Crippen LogP contribution in [0.2, 0.25) is 0 Å². The standard InChI is InChI=1S/C30H26N3O6.HI/c1-36-26-8-6-20-21(5-3-18-14-31-25-7-4-19(33(34)35)12-22(18)25)29-23-13-28-27(38-16-39-28)11-17(23)9-10-32(29)15-24(20)30(26)37-2;/h4,6-8,11-15,31H,3,5,9-10,16H2,1-2H3;1H/q+1;/p-1. The number of aryl methyl sites for hydroxylation is 4. The molecule has 0 aliphatic carbocycles. The van der Waals surface area contributed by atoms with Crippen molar-refractivity contribution in [3.63, 3.8) is 0 Å². The first kappa shape index (κ1) is 26.2. The van der Waals surface area contributed by atoms with Crippen molar-refractivity contribution in [2.75, 3.05) is 21.0 Å². The number of nitro groups is 1. The van der Waals surface area contributed by atoms with Gasteiger partial charge in [0.1, 0.15) is 0 Å². The summed E-state index contributed by atoms with van der Waals surface area (Å²) < 4.78 is 25.1. The molecule has 7 rings (SSSR count). The summed E-state index contributed by atoms with van der Waals surface area (Å²) in [5, 5.41) is 14.4. The Kier molecular flexibility index (Phi) is 6.65. The summed E-state index contributed by atoms with van der Waals surface area (Å²) in [7, 11) is 3.31. The van der Waals surface area contributed by atoms with Gasteiger partial charge in [0, 0.05) is 46.6 Å². The second-order valence-electron chi connectivity index (χ2n) is 9.83. The van der Waals surface area contributed by atoms with Gasteiger partial charge in [0.25, 0.3) is 5.69 Å². The second kappa shape index (κ2) is 10.2. The molecule has 204 valence electrons. The summed E-state index contributed by atoms with van der Waals surface area (Å²) >= 11 is 0. The van der Waals surface area contributed by atoms with Crippen LogP contribution < -0.4 is 47.5 Å². The zero-order chi connectivity index (χ0) is 26.7. The molecule has 0 spiro atoms. The first-order valence-corrected chi connectivity index (χ1v) is 12.8. The molecule has 10 heteroatoms. The number of rotatable bonds is 6. The molecule has 2 aliphatic heterocycles. The smallest absolute Gasteiger partial charge is 0.270 e. The summed E-state index contributed by atoms with van der Waals surface area (Å²) in [4.78, 5) is 14.3. The molecule has 2 aromatic heterocycles. The number of benzene rings is 3. The monoisotopic (exact) mass is 651 g/mol. The lowest BCUT2D eigenvalue weighted by Crippen LogP contribution is -3.00. The summed E-state index contributed by atoms with van der Waals surface area (Å²) in [6, 6.07) is 13.2. The minimum atomic E-state index is -0.352. The quantitative estimate of drug-likeness (QED) is 0.131. The zero-order valence-electron chi connectivity index (χ0n) is 22.0. The van der Waals surface area contributed by atoms with Crippen LogP contribution in [0.4, 0.5) is 5.69 Å². The van der Waals surface area contributed by atoms with E-state index in [4.69, 9.17) is 18.9 Å². The van der Waals surface area contributed by atoms with Crippen LogP contribution in [-0.4, -0.2) is 30.9 Å². The molecule has 0 fully saturated rings. The number of nitrogens with zero attached hydrogens (tertiary/aromatic N) is 2. The number of ether oxygens (including phenoxy) is 4. The Labute approximate surface area is 246 Å². The number of fused-ring (bicyclic) bond motifs is 6. The molecule has 2 aliphatic rings. The molecule has 5 aromatic rings. The SMILES string of the molecule is COc1ccc2c(CCc3c[nH]c4ccc([N+](=O)[O-])cc34)c3[n+](cc2c1OC)CCc1cc2c(cc1-3)OCO2.[I-]. The highest BCUT2D eigenvalue weighted by molar-refractivity contribution is 5.95. The molecule has 40 heavy (non-hydrogen) atoms. The Hall–Kier alpha value is -4.06. The normalized spacial score (nSPS) is 13.1. The maximum atomic E-state index is 11.4. The van der Waals surface area contributed by atoms with Crippen LogP contribution in [0.5, 0.6) is 23.0 Å². The van der Waals surface area contributed by atoms with Gasteiger partial charge < -0.3 is 47.9 Å². The van der Waals surface area contributed by atoms with E-state index in [-0.39, 0.29) is 41.4 Å². The van der Waals surface area contributed by atoms with Gasteiger partial charge in [0.05, 0.1) is 30.1 Å². The lowest BCUT2D eigenvalue weighted by atomic mass is 9.88. The summed E-state index contributed by atoms with van der Waals surface area (Å²) in [6.45, 7) is 1.04. The highest BCUT2D eigenvalue weighted by Crippen LogP contribution is 2.44. The van der Waals surface area contributed by atoms with Crippen LogP contribution in [0.25, 0.3) is 32.9 Å². The van der Waals surface area contributed by atoms with Gasteiger partial charge in [0.2, 0.25) is 12.5 Å². The van der Waals surface area contributed by atoms with Crippen LogP contribution in [0.3, 0.4) is 0 Å². The van der Waals surface area contributed by atoms with Crippen molar-refractivity contribution in [3.8, 4) is 34.3 Å². The number of hydrogen-bond donors (Lipinski definition) is 1. The number of halogens is 1. The highest BCUT2D eigenvalue weighted by atomic mass is 127. The summed E-state index contributed by atoms with van der Waals surface area (Å²) in [6.07, 6.45) is 6.38. The molecule has 0 amide bonds. The minimum absolute atomic E-state index is 0. The van der Waals surface area contributed by atoms with Crippen LogP contribution in [-0.2, 0) is 25.8 Å². The number of methoxy groups -OCH3 is 2. The third-order valence-electron chi connectivity index (χ3n) is 7.85. The maximum Gasteiger partial charge on any atom is 0.270 e. The number of pyridine rings is 1. The van der Waals surface area contributed by atoms with E-state index in [0.717, 1.165) is 63.0 Å². The van der Waals surface area contributed by atoms with Gasteiger partial charge in [-0.05, 0) is 54.3 Å². The molecule has 9 nitrogen and oxygen atoms in total. The number of nitrogens with one attached hydrogen (secondary N) is 1. The second-order valence-corrected chi connectivity index (χ2v) is 9.83. The fourth-order valence-corrected chi connectivity index (χ4v) is 6.01. The molecular formula is C30H26IN3O6. The topological polar surface area (TPSA) is 99.7 Å². The first-order chi connectivity index (χ1) is 19.1. The fraction of sp³-hybridized carbons (Fsp3) is 0.233. The third-order valence-corrected chi connectivity index (χ3v) is 7.85.